The molecule has 1 nitrogen and oxygen atoms in total. The Morgan fingerprint density at radius 1 is 1.06 bits per heavy atom. The van der Waals surface area contributed by atoms with E-state index in [1.54, 1.807) is 0 Å². The van der Waals surface area contributed by atoms with Gasteiger partial charge in [0, 0.05) is 0 Å². The van der Waals surface area contributed by atoms with Crippen LogP contribution in [-0.2, 0) is 0 Å². The van der Waals surface area contributed by atoms with Crippen LogP contribution in [0.2, 0.25) is 0 Å². The molecule has 0 radical (unpaired) electrons. The van der Waals surface area contributed by atoms with E-state index >= 15 is 0 Å². The van der Waals surface area contributed by atoms with E-state index in [-0.39, 0.29) is 0 Å². The van der Waals surface area contributed by atoms with Crippen molar-refractivity contribution in [2.24, 2.45) is 0 Å². The van der Waals surface area contributed by atoms with E-state index in [1.807, 2.05) is 55.5 Å². The van der Waals surface area contributed by atoms with Crippen LogP contribution in [0.3, 0.4) is 0 Å². The van der Waals surface area contributed by atoms with Gasteiger partial charge < -0.3 is 4.74 Å². The van der Waals surface area contributed by atoms with E-state index in [9.17, 15) is 0 Å². The van der Waals surface area contributed by atoms with E-state index in [2.05, 4.69) is 5.92 Å². The molecule has 0 heterocycles. The van der Waals surface area contributed by atoms with Gasteiger partial charge in [-0.05, 0) is 36.8 Å². The van der Waals surface area contributed by atoms with Gasteiger partial charge in [0.2, 0.25) is 0 Å². The second-order valence-corrected chi connectivity index (χ2v) is 3.56. The summed E-state index contributed by atoms with van der Waals surface area (Å²) in [5.41, 5.74) is 1.93. The van der Waals surface area contributed by atoms with Crippen molar-refractivity contribution in [2.75, 3.05) is 0 Å². The van der Waals surface area contributed by atoms with Gasteiger partial charge in [-0.2, -0.15) is 0 Å². The highest BCUT2D eigenvalue weighted by Gasteiger charge is 2.01. The first kappa shape index (κ1) is 10.3. The van der Waals surface area contributed by atoms with Crippen LogP contribution in [-0.4, -0.2) is 0 Å². The van der Waals surface area contributed by atoms with Gasteiger partial charge in [-0.25, -0.2) is 0 Å². The normalized spacial score (nSPS) is 9.50. The zero-order valence-corrected chi connectivity index (χ0v) is 9.10. The number of hydrogen-bond donors (Lipinski definition) is 0. The molecular formula is C15H12O. The molecule has 0 fully saturated rings. The maximum atomic E-state index is 5.74. The molecule has 0 aliphatic heterocycles. The van der Waals surface area contributed by atoms with Crippen LogP contribution < -0.4 is 4.74 Å². The van der Waals surface area contributed by atoms with E-state index in [4.69, 9.17) is 11.2 Å². The van der Waals surface area contributed by atoms with Crippen molar-refractivity contribution < 1.29 is 4.74 Å². The lowest BCUT2D eigenvalue weighted by molar-refractivity contribution is 0.481. The first-order chi connectivity index (χ1) is 7.79. The van der Waals surface area contributed by atoms with Crippen LogP contribution in [0.15, 0.2) is 48.5 Å². The fourth-order valence-corrected chi connectivity index (χ4v) is 1.48. The first-order valence-corrected chi connectivity index (χ1v) is 5.10. The SMILES string of the molecule is C#Cc1ccccc1Oc1cccc(C)c1. The first-order valence-electron chi connectivity index (χ1n) is 5.10. The number of aryl methyl sites for hydroxylation is 1. The minimum absolute atomic E-state index is 0.718. The molecule has 0 amide bonds. The Hall–Kier alpha value is -2.20. The summed E-state index contributed by atoms with van der Waals surface area (Å²) in [7, 11) is 0. The highest BCUT2D eigenvalue weighted by molar-refractivity contribution is 5.46. The number of para-hydroxylation sites is 1. The van der Waals surface area contributed by atoms with Gasteiger partial charge in [0.05, 0.1) is 5.56 Å². The van der Waals surface area contributed by atoms with E-state index in [0.717, 1.165) is 22.6 Å². The van der Waals surface area contributed by atoms with Crippen LogP contribution in [0.4, 0.5) is 0 Å². The van der Waals surface area contributed by atoms with Gasteiger partial charge in [0.25, 0.3) is 0 Å². The van der Waals surface area contributed by atoms with Crippen molar-refractivity contribution >= 4 is 0 Å². The molecule has 0 spiro atoms. The molecular weight excluding hydrogens is 196 g/mol. The molecule has 0 unspecified atom stereocenters. The Morgan fingerprint density at radius 2 is 1.88 bits per heavy atom. The summed E-state index contributed by atoms with van der Waals surface area (Å²) in [5.74, 6) is 4.13. The minimum Gasteiger partial charge on any atom is -0.456 e. The third kappa shape index (κ3) is 2.24. The predicted molar refractivity (Wildman–Crippen MR) is 65.6 cm³/mol. The average Bonchev–Trinajstić information content (AvgIpc) is 2.30. The van der Waals surface area contributed by atoms with Crippen molar-refractivity contribution in [3.8, 4) is 23.8 Å². The van der Waals surface area contributed by atoms with E-state index in [0.29, 0.717) is 0 Å². The predicted octanol–water partition coefficient (Wildman–Crippen LogP) is 3.77. The molecule has 2 aromatic rings. The van der Waals surface area contributed by atoms with Crippen LogP contribution in [0.5, 0.6) is 11.5 Å². The topological polar surface area (TPSA) is 9.23 Å². The lowest BCUT2D eigenvalue weighted by Crippen LogP contribution is -1.87. The van der Waals surface area contributed by atoms with Crippen molar-refractivity contribution in [2.45, 2.75) is 6.92 Å². The Kier molecular flexibility index (Phi) is 2.93. The summed E-state index contributed by atoms with van der Waals surface area (Å²) in [4.78, 5) is 0. The van der Waals surface area contributed by atoms with E-state index in [1.165, 1.54) is 0 Å². The number of ether oxygens (including phenoxy) is 1. The quantitative estimate of drug-likeness (QED) is 0.683. The van der Waals surface area contributed by atoms with Crippen LogP contribution >= 0.6 is 0 Å². The zero-order valence-electron chi connectivity index (χ0n) is 9.10. The fraction of sp³-hybridized carbons (Fsp3) is 0.0667. The second-order valence-electron chi connectivity index (χ2n) is 3.56. The average molecular weight is 208 g/mol. The molecule has 0 atom stereocenters. The van der Waals surface area contributed by atoms with Crippen molar-refractivity contribution in [1.82, 2.24) is 0 Å². The van der Waals surface area contributed by atoms with Gasteiger partial charge in [-0.1, -0.05) is 30.2 Å². The molecule has 0 saturated carbocycles. The second kappa shape index (κ2) is 4.55. The highest BCUT2D eigenvalue weighted by Crippen LogP contribution is 2.24. The summed E-state index contributed by atoms with van der Waals surface area (Å²) in [6.45, 7) is 2.03. The molecule has 0 aliphatic carbocycles. The highest BCUT2D eigenvalue weighted by atomic mass is 16.5. The minimum atomic E-state index is 0.718. The maximum Gasteiger partial charge on any atom is 0.143 e. The number of terminal acetylenes is 1. The van der Waals surface area contributed by atoms with Crippen LogP contribution in [0, 0.1) is 19.3 Å². The third-order valence-corrected chi connectivity index (χ3v) is 2.26. The van der Waals surface area contributed by atoms with Crippen LogP contribution in [0.1, 0.15) is 11.1 Å². The van der Waals surface area contributed by atoms with Gasteiger partial charge in [-0.3, -0.25) is 0 Å². The number of rotatable bonds is 2. The smallest absolute Gasteiger partial charge is 0.143 e. The number of hydrogen-bond acceptors (Lipinski definition) is 1. The van der Waals surface area contributed by atoms with Crippen molar-refractivity contribution in [1.29, 1.82) is 0 Å². The molecule has 0 N–H and O–H groups in total. The lowest BCUT2D eigenvalue weighted by Gasteiger charge is -2.07. The zero-order chi connectivity index (χ0) is 11.4. The maximum absolute atomic E-state index is 5.74. The molecule has 2 rings (SSSR count). The summed E-state index contributed by atoms with van der Waals surface area (Å²) in [6, 6.07) is 15.4. The van der Waals surface area contributed by atoms with Crippen molar-refractivity contribution in [3.63, 3.8) is 0 Å². The third-order valence-electron chi connectivity index (χ3n) is 2.26. The summed E-state index contributed by atoms with van der Waals surface area (Å²) in [5, 5.41) is 0. The molecule has 16 heavy (non-hydrogen) atoms. The molecule has 2 aromatic carbocycles. The van der Waals surface area contributed by atoms with Gasteiger partial charge >= 0.3 is 0 Å². The Balaban J connectivity index is 2.31. The summed E-state index contributed by atoms with van der Waals surface area (Å²) < 4.78 is 5.74. The standard InChI is InChI=1S/C15H12O/c1-3-13-8-4-5-10-15(13)16-14-9-6-7-12(2)11-14/h1,4-11H,2H3. The largest absolute Gasteiger partial charge is 0.456 e. The lowest BCUT2D eigenvalue weighted by atomic mass is 10.2. The monoisotopic (exact) mass is 208 g/mol. The molecule has 78 valence electrons. The summed E-state index contributed by atoms with van der Waals surface area (Å²) >= 11 is 0. The molecule has 1 heteroatoms. The van der Waals surface area contributed by atoms with Gasteiger partial charge in [0.1, 0.15) is 11.5 Å². The Morgan fingerprint density at radius 3 is 2.62 bits per heavy atom. The summed E-state index contributed by atoms with van der Waals surface area (Å²) in [6.07, 6.45) is 5.40. The molecule has 0 saturated heterocycles. The fourth-order valence-electron chi connectivity index (χ4n) is 1.48. The Bertz CT molecular complexity index is 535. The van der Waals surface area contributed by atoms with Crippen LogP contribution in [0.25, 0.3) is 0 Å². The molecule has 0 aromatic heterocycles. The molecule has 0 bridgehead atoms. The molecule has 0 aliphatic rings. The van der Waals surface area contributed by atoms with E-state index < -0.39 is 0 Å². The van der Waals surface area contributed by atoms with Crippen molar-refractivity contribution in [3.05, 3.63) is 59.7 Å². The van der Waals surface area contributed by atoms with Gasteiger partial charge in [-0.15, -0.1) is 6.42 Å². The Labute approximate surface area is 95.7 Å². The van der Waals surface area contributed by atoms with Gasteiger partial charge in [0.15, 0.2) is 0 Å². The number of benzene rings is 2.